The maximum atomic E-state index is 11.9. The summed E-state index contributed by atoms with van der Waals surface area (Å²) >= 11 is 0. The third-order valence-electron chi connectivity index (χ3n) is 3.19. The molecule has 0 aromatic carbocycles. The number of nitrogens with two attached hydrogens (primary N) is 1. The lowest BCUT2D eigenvalue weighted by atomic mass is 10.0. The van der Waals surface area contributed by atoms with Crippen molar-refractivity contribution in [2.75, 3.05) is 13.6 Å². The lowest BCUT2D eigenvalue weighted by Crippen LogP contribution is -2.35. The van der Waals surface area contributed by atoms with Gasteiger partial charge in [-0.15, -0.1) is 0 Å². The van der Waals surface area contributed by atoms with E-state index in [9.17, 15) is 4.79 Å². The lowest BCUT2D eigenvalue weighted by Gasteiger charge is -2.21. The number of hydrogen-bond donors (Lipinski definition) is 1. The van der Waals surface area contributed by atoms with Gasteiger partial charge in [0.15, 0.2) is 0 Å². The molecule has 0 spiro atoms. The molecule has 102 valence electrons. The van der Waals surface area contributed by atoms with Crippen LogP contribution in [0.2, 0.25) is 0 Å². The first-order chi connectivity index (χ1) is 8.50. The van der Waals surface area contributed by atoms with E-state index < -0.39 is 0 Å². The predicted octanol–water partition coefficient (Wildman–Crippen LogP) is 1.10. The second kappa shape index (κ2) is 7.16. The van der Waals surface area contributed by atoms with Crippen LogP contribution in [0.15, 0.2) is 18.5 Å². The van der Waals surface area contributed by atoms with Gasteiger partial charge in [-0.1, -0.05) is 13.8 Å². The van der Waals surface area contributed by atoms with Crippen molar-refractivity contribution in [2.45, 2.75) is 39.3 Å². The molecule has 0 bridgehead atoms. The van der Waals surface area contributed by atoms with E-state index in [-0.39, 0.29) is 11.9 Å². The van der Waals surface area contributed by atoms with Crippen LogP contribution in [-0.2, 0) is 11.3 Å². The second-order valence-electron chi connectivity index (χ2n) is 5.03. The molecule has 0 radical (unpaired) electrons. The molecule has 0 fully saturated rings. The molecule has 0 aliphatic rings. The number of carbonyl (C=O) groups is 1. The Kier molecular flexibility index (Phi) is 5.85. The molecule has 0 aliphatic carbocycles. The average Bonchev–Trinajstić information content (AvgIpc) is 2.85. The fourth-order valence-corrected chi connectivity index (χ4v) is 1.63. The van der Waals surface area contributed by atoms with Crippen LogP contribution in [-0.4, -0.2) is 40.2 Å². The number of aromatic nitrogens is 2. The quantitative estimate of drug-likeness (QED) is 0.790. The molecule has 2 N–H and O–H groups in total. The normalized spacial score (nSPS) is 12.7. The molecule has 5 heteroatoms. The van der Waals surface area contributed by atoms with Gasteiger partial charge in [-0.2, -0.15) is 5.10 Å². The van der Waals surface area contributed by atoms with Crippen molar-refractivity contribution in [3.8, 4) is 0 Å². The third kappa shape index (κ3) is 4.87. The van der Waals surface area contributed by atoms with Crippen molar-refractivity contribution >= 4 is 5.91 Å². The largest absolute Gasteiger partial charge is 0.346 e. The van der Waals surface area contributed by atoms with Gasteiger partial charge in [0, 0.05) is 45.0 Å². The van der Waals surface area contributed by atoms with E-state index in [0.29, 0.717) is 18.9 Å². The van der Waals surface area contributed by atoms with Crippen molar-refractivity contribution in [3.63, 3.8) is 0 Å². The van der Waals surface area contributed by atoms with Gasteiger partial charge in [0.05, 0.1) is 0 Å². The molecule has 1 atom stereocenters. The summed E-state index contributed by atoms with van der Waals surface area (Å²) in [6.45, 7) is 5.55. The van der Waals surface area contributed by atoms with Crippen molar-refractivity contribution in [1.29, 1.82) is 0 Å². The minimum absolute atomic E-state index is 0.140. The Hall–Kier alpha value is -1.36. The van der Waals surface area contributed by atoms with Crippen LogP contribution in [0, 0.1) is 5.92 Å². The van der Waals surface area contributed by atoms with Gasteiger partial charge in [0.1, 0.15) is 0 Å². The summed E-state index contributed by atoms with van der Waals surface area (Å²) in [5, 5.41) is 4.07. The highest BCUT2D eigenvalue weighted by Gasteiger charge is 2.12. The highest BCUT2D eigenvalue weighted by atomic mass is 16.2. The zero-order valence-electron chi connectivity index (χ0n) is 11.5. The monoisotopic (exact) mass is 252 g/mol. The maximum Gasteiger partial charge on any atom is 0.224 e. The van der Waals surface area contributed by atoms with E-state index >= 15 is 0 Å². The molecule has 0 aliphatic heterocycles. The number of amides is 1. The number of aryl methyl sites for hydroxylation is 1. The van der Waals surface area contributed by atoms with Gasteiger partial charge in [0.2, 0.25) is 5.91 Å². The van der Waals surface area contributed by atoms with Crippen LogP contribution in [0.5, 0.6) is 0 Å². The van der Waals surface area contributed by atoms with E-state index in [4.69, 9.17) is 5.73 Å². The number of rotatable bonds is 7. The maximum absolute atomic E-state index is 11.9. The Morgan fingerprint density at radius 3 is 2.78 bits per heavy atom. The zero-order chi connectivity index (χ0) is 13.5. The van der Waals surface area contributed by atoms with E-state index in [1.807, 2.05) is 19.3 Å². The summed E-state index contributed by atoms with van der Waals surface area (Å²) < 4.78 is 1.77. The lowest BCUT2D eigenvalue weighted by molar-refractivity contribution is -0.130. The molecule has 0 saturated carbocycles. The Morgan fingerprint density at radius 2 is 2.22 bits per heavy atom. The summed E-state index contributed by atoms with van der Waals surface area (Å²) in [5.74, 6) is 0.596. The van der Waals surface area contributed by atoms with Crippen molar-refractivity contribution in [2.24, 2.45) is 11.7 Å². The molecule has 1 amide bonds. The van der Waals surface area contributed by atoms with Crippen LogP contribution >= 0.6 is 0 Å². The Bertz CT molecular complexity index is 348. The fourth-order valence-electron chi connectivity index (χ4n) is 1.63. The molecule has 1 aromatic heterocycles. The standard InChI is InChI=1S/C13H24N4O/c1-11(2)12(14)5-9-16(3)13(18)6-10-17-8-4-7-15-17/h4,7-8,11-12H,5-6,9-10,14H2,1-3H3. The molecular weight excluding hydrogens is 228 g/mol. The van der Waals surface area contributed by atoms with Gasteiger partial charge in [-0.25, -0.2) is 0 Å². The van der Waals surface area contributed by atoms with Gasteiger partial charge in [-0.3, -0.25) is 9.48 Å². The molecule has 1 unspecified atom stereocenters. The molecule has 18 heavy (non-hydrogen) atoms. The molecule has 5 nitrogen and oxygen atoms in total. The van der Waals surface area contributed by atoms with E-state index in [2.05, 4.69) is 18.9 Å². The molecule has 0 saturated heterocycles. The number of nitrogens with zero attached hydrogens (tertiary/aromatic N) is 3. The van der Waals surface area contributed by atoms with Crippen LogP contribution in [0.1, 0.15) is 26.7 Å². The molecule has 1 heterocycles. The van der Waals surface area contributed by atoms with Gasteiger partial charge in [-0.05, 0) is 18.4 Å². The Balaban J connectivity index is 2.24. The summed E-state index contributed by atoms with van der Waals surface area (Å²) in [5.41, 5.74) is 5.96. The summed E-state index contributed by atoms with van der Waals surface area (Å²) in [7, 11) is 1.83. The highest BCUT2D eigenvalue weighted by Crippen LogP contribution is 2.04. The predicted molar refractivity (Wildman–Crippen MR) is 71.9 cm³/mol. The SMILES string of the molecule is CC(C)C(N)CCN(C)C(=O)CCn1cccn1. The van der Waals surface area contributed by atoms with Gasteiger partial charge in [0.25, 0.3) is 0 Å². The number of carbonyl (C=O) groups excluding carboxylic acids is 1. The van der Waals surface area contributed by atoms with Crippen molar-refractivity contribution in [3.05, 3.63) is 18.5 Å². The highest BCUT2D eigenvalue weighted by molar-refractivity contribution is 5.75. The Labute approximate surface area is 109 Å². The first kappa shape index (κ1) is 14.7. The summed E-state index contributed by atoms with van der Waals surface area (Å²) in [4.78, 5) is 13.6. The number of hydrogen-bond acceptors (Lipinski definition) is 3. The van der Waals surface area contributed by atoms with E-state index in [0.717, 1.165) is 13.0 Å². The minimum Gasteiger partial charge on any atom is -0.346 e. The third-order valence-corrected chi connectivity index (χ3v) is 3.19. The molecule has 1 aromatic rings. The fraction of sp³-hybridized carbons (Fsp3) is 0.692. The molecule has 1 rings (SSSR count). The second-order valence-corrected chi connectivity index (χ2v) is 5.03. The van der Waals surface area contributed by atoms with Crippen molar-refractivity contribution in [1.82, 2.24) is 14.7 Å². The van der Waals surface area contributed by atoms with Crippen LogP contribution < -0.4 is 5.73 Å². The van der Waals surface area contributed by atoms with E-state index in [1.165, 1.54) is 0 Å². The Morgan fingerprint density at radius 1 is 1.50 bits per heavy atom. The first-order valence-corrected chi connectivity index (χ1v) is 6.47. The average molecular weight is 252 g/mol. The van der Waals surface area contributed by atoms with Gasteiger partial charge < -0.3 is 10.6 Å². The minimum atomic E-state index is 0.140. The first-order valence-electron chi connectivity index (χ1n) is 6.47. The van der Waals surface area contributed by atoms with Crippen molar-refractivity contribution < 1.29 is 4.79 Å². The van der Waals surface area contributed by atoms with Crippen LogP contribution in [0.3, 0.4) is 0 Å². The summed E-state index contributed by atoms with van der Waals surface area (Å²) in [6.07, 6.45) is 4.91. The molecular formula is C13H24N4O. The topological polar surface area (TPSA) is 64.2 Å². The van der Waals surface area contributed by atoms with Gasteiger partial charge >= 0.3 is 0 Å². The van der Waals surface area contributed by atoms with Crippen LogP contribution in [0.4, 0.5) is 0 Å². The zero-order valence-corrected chi connectivity index (χ0v) is 11.5. The van der Waals surface area contributed by atoms with E-state index in [1.54, 1.807) is 15.8 Å². The van der Waals surface area contributed by atoms with Crippen LogP contribution in [0.25, 0.3) is 0 Å². The summed E-state index contributed by atoms with van der Waals surface area (Å²) in [6, 6.07) is 2.02. The smallest absolute Gasteiger partial charge is 0.224 e.